The van der Waals surface area contributed by atoms with Gasteiger partial charge in [0, 0.05) is 15.1 Å². The molecule has 4 rings (SSSR count). The predicted octanol–water partition coefficient (Wildman–Crippen LogP) is 3.46. The van der Waals surface area contributed by atoms with Crippen LogP contribution in [-0.2, 0) is 6.54 Å². The summed E-state index contributed by atoms with van der Waals surface area (Å²) in [4.78, 5) is 26.0. The first kappa shape index (κ1) is 17.3. The molecule has 0 aliphatic rings. The van der Waals surface area contributed by atoms with Crippen molar-refractivity contribution in [3.8, 4) is 0 Å². The Kier molecular flexibility index (Phi) is 4.62. The van der Waals surface area contributed by atoms with Crippen LogP contribution < -0.4 is 10.9 Å². The second kappa shape index (κ2) is 7.22. The first-order valence-electron chi connectivity index (χ1n) is 8.23. The van der Waals surface area contributed by atoms with E-state index in [0.29, 0.717) is 21.6 Å². The lowest BCUT2D eigenvalue weighted by molar-refractivity contribution is 0.0948. The van der Waals surface area contributed by atoms with Gasteiger partial charge in [0.15, 0.2) is 0 Å². The van der Waals surface area contributed by atoms with Gasteiger partial charge in [-0.15, -0.1) is 11.3 Å². The fourth-order valence-corrected chi connectivity index (χ4v) is 3.65. The molecule has 1 aromatic carbocycles. The van der Waals surface area contributed by atoms with Gasteiger partial charge in [0.2, 0.25) is 0 Å². The van der Waals surface area contributed by atoms with Crippen LogP contribution in [0.25, 0.3) is 11.0 Å². The Bertz CT molecular complexity index is 1140. The summed E-state index contributed by atoms with van der Waals surface area (Å²) in [5, 5.41) is 13.7. The average molecular weight is 381 g/mol. The highest BCUT2D eigenvalue weighted by Gasteiger charge is 2.17. The fraction of sp³-hybridized carbons (Fsp3) is 0.100. The molecule has 0 spiro atoms. The van der Waals surface area contributed by atoms with E-state index in [2.05, 4.69) is 5.32 Å². The molecule has 0 saturated carbocycles. The van der Waals surface area contributed by atoms with Gasteiger partial charge in [0.25, 0.3) is 5.91 Å². The van der Waals surface area contributed by atoms with E-state index in [0.717, 1.165) is 4.88 Å². The van der Waals surface area contributed by atoms with Gasteiger partial charge in [-0.3, -0.25) is 4.79 Å². The van der Waals surface area contributed by atoms with Gasteiger partial charge in [-0.25, -0.2) is 4.79 Å². The van der Waals surface area contributed by atoms with Crippen LogP contribution in [0.5, 0.6) is 0 Å². The van der Waals surface area contributed by atoms with Crippen molar-refractivity contribution in [3.05, 3.63) is 92.4 Å². The normalized spacial score (nSPS) is 12.2. The number of para-hydroxylation sites is 1. The van der Waals surface area contributed by atoms with Crippen molar-refractivity contribution in [1.82, 2.24) is 5.32 Å². The molecule has 0 radical (unpaired) electrons. The zero-order valence-electron chi connectivity index (χ0n) is 14.0. The molecule has 0 bridgehead atoms. The molecule has 136 valence electrons. The van der Waals surface area contributed by atoms with Gasteiger partial charge in [0.05, 0.1) is 12.8 Å². The third-order valence-corrected chi connectivity index (χ3v) is 5.21. The van der Waals surface area contributed by atoms with Crippen LogP contribution >= 0.6 is 11.3 Å². The van der Waals surface area contributed by atoms with E-state index in [1.165, 1.54) is 23.7 Å². The number of nitrogens with one attached hydrogen (secondary N) is 1. The Hall–Kier alpha value is -3.16. The van der Waals surface area contributed by atoms with E-state index in [1.807, 2.05) is 12.1 Å². The van der Waals surface area contributed by atoms with Gasteiger partial charge in [-0.2, -0.15) is 0 Å². The SMILES string of the molecule is O=C(NCc1ccc([C@H](O)c2ccco2)s1)c1cc2ccccc2oc1=O. The minimum Gasteiger partial charge on any atom is -0.466 e. The Morgan fingerprint density at radius 2 is 2.00 bits per heavy atom. The maximum Gasteiger partial charge on any atom is 0.349 e. The minimum absolute atomic E-state index is 0.0406. The lowest BCUT2D eigenvalue weighted by Gasteiger charge is -2.05. The molecule has 27 heavy (non-hydrogen) atoms. The summed E-state index contributed by atoms with van der Waals surface area (Å²) in [6.07, 6.45) is 0.657. The maximum absolute atomic E-state index is 12.4. The van der Waals surface area contributed by atoms with Gasteiger partial charge < -0.3 is 19.3 Å². The van der Waals surface area contributed by atoms with E-state index in [4.69, 9.17) is 8.83 Å². The molecular weight excluding hydrogens is 366 g/mol. The Labute approximate surface area is 157 Å². The smallest absolute Gasteiger partial charge is 0.349 e. The lowest BCUT2D eigenvalue weighted by atomic mass is 10.2. The van der Waals surface area contributed by atoms with Crippen LogP contribution in [0.4, 0.5) is 0 Å². The van der Waals surface area contributed by atoms with Crippen LogP contribution in [-0.4, -0.2) is 11.0 Å². The fourth-order valence-electron chi connectivity index (χ4n) is 2.71. The first-order chi connectivity index (χ1) is 13.1. The van der Waals surface area contributed by atoms with E-state index >= 15 is 0 Å². The molecule has 6 nitrogen and oxygen atoms in total. The van der Waals surface area contributed by atoms with Crippen LogP contribution in [0.2, 0.25) is 0 Å². The largest absolute Gasteiger partial charge is 0.466 e. The number of furan rings is 1. The van der Waals surface area contributed by atoms with Crippen molar-refractivity contribution in [2.24, 2.45) is 0 Å². The van der Waals surface area contributed by atoms with Crippen LogP contribution in [0.1, 0.15) is 32.0 Å². The molecule has 0 fully saturated rings. The highest BCUT2D eigenvalue weighted by molar-refractivity contribution is 7.12. The molecule has 3 heterocycles. The van der Waals surface area contributed by atoms with E-state index in [-0.39, 0.29) is 12.1 Å². The van der Waals surface area contributed by atoms with Crippen LogP contribution in [0.15, 0.2) is 74.5 Å². The zero-order valence-corrected chi connectivity index (χ0v) is 14.9. The minimum atomic E-state index is -0.845. The number of hydrogen-bond acceptors (Lipinski definition) is 6. The monoisotopic (exact) mass is 381 g/mol. The van der Waals surface area contributed by atoms with Crippen molar-refractivity contribution >= 4 is 28.2 Å². The van der Waals surface area contributed by atoms with Gasteiger partial charge >= 0.3 is 5.63 Å². The highest BCUT2D eigenvalue weighted by atomic mass is 32.1. The van der Waals surface area contributed by atoms with Crippen LogP contribution in [0, 0.1) is 0 Å². The number of hydrogen-bond donors (Lipinski definition) is 2. The number of amides is 1. The highest BCUT2D eigenvalue weighted by Crippen LogP contribution is 2.28. The Morgan fingerprint density at radius 1 is 1.15 bits per heavy atom. The average Bonchev–Trinajstić information content (AvgIpc) is 3.37. The number of benzene rings is 1. The molecule has 0 aliphatic carbocycles. The number of aliphatic hydroxyl groups excluding tert-OH is 1. The molecular formula is C20H15NO5S. The van der Waals surface area contributed by atoms with Crippen molar-refractivity contribution in [1.29, 1.82) is 0 Å². The van der Waals surface area contributed by atoms with Crippen LogP contribution in [0.3, 0.4) is 0 Å². The number of thiophene rings is 1. The second-order valence-corrected chi connectivity index (χ2v) is 7.09. The summed E-state index contributed by atoms with van der Waals surface area (Å²) in [6, 6.07) is 15.5. The molecule has 3 aromatic heterocycles. The number of fused-ring (bicyclic) bond motifs is 1. The molecule has 2 N–H and O–H groups in total. The number of rotatable bonds is 5. The summed E-state index contributed by atoms with van der Waals surface area (Å²) in [7, 11) is 0. The van der Waals surface area contributed by atoms with Gasteiger partial charge in [0.1, 0.15) is 23.0 Å². The summed E-state index contributed by atoms with van der Waals surface area (Å²) in [6.45, 7) is 0.237. The molecule has 1 atom stereocenters. The standard InChI is InChI=1S/C20H15NO5S/c22-18(16-6-3-9-25-16)17-8-7-13(27-17)11-21-19(23)14-10-12-4-1-2-5-15(12)26-20(14)24/h1-10,18,22H,11H2,(H,21,23)/t18-/m1/s1. The molecule has 1 amide bonds. The summed E-state index contributed by atoms with van der Waals surface area (Å²) >= 11 is 1.36. The Balaban J connectivity index is 1.47. The summed E-state index contributed by atoms with van der Waals surface area (Å²) in [5.74, 6) is -0.0442. The summed E-state index contributed by atoms with van der Waals surface area (Å²) in [5.41, 5.74) is -0.277. The summed E-state index contributed by atoms with van der Waals surface area (Å²) < 4.78 is 10.4. The van der Waals surface area contributed by atoms with Gasteiger partial charge in [-0.1, -0.05) is 18.2 Å². The predicted molar refractivity (Wildman–Crippen MR) is 101 cm³/mol. The van der Waals surface area contributed by atoms with Crippen molar-refractivity contribution in [2.75, 3.05) is 0 Å². The quantitative estimate of drug-likeness (QED) is 0.517. The number of carbonyl (C=O) groups excluding carboxylic acids is 1. The molecule has 7 heteroatoms. The van der Waals surface area contributed by atoms with Crippen molar-refractivity contribution < 1.29 is 18.7 Å². The van der Waals surface area contributed by atoms with E-state index in [1.54, 1.807) is 36.4 Å². The first-order valence-corrected chi connectivity index (χ1v) is 9.04. The number of aliphatic hydroxyl groups is 1. The maximum atomic E-state index is 12.4. The number of carbonyl (C=O) groups is 1. The topological polar surface area (TPSA) is 92.7 Å². The third kappa shape index (κ3) is 3.55. The Morgan fingerprint density at radius 3 is 2.81 bits per heavy atom. The second-order valence-electron chi connectivity index (χ2n) is 5.89. The molecule has 4 aromatic rings. The lowest BCUT2D eigenvalue weighted by Crippen LogP contribution is -2.27. The van der Waals surface area contributed by atoms with Gasteiger partial charge in [-0.05, 0) is 36.4 Å². The van der Waals surface area contributed by atoms with E-state index < -0.39 is 17.6 Å². The van der Waals surface area contributed by atoms with E-state index in [9.17, 15) is 14.7 Å². The third-order valence-electron chi connectivity index (χ3n) is 4.07. The molecule has 0 unspecified atom stereocenters. The van der Waals surface area contributed by atoms with Crippen molar-refractivity contribution in [3.63, 3.8) is 0 Å². The molecule has 0 aliphatic heterocycles. The zero-order chi connectivity index (χ0) is 18.8. The molecule has 0 saturated heterocycles. The van der Waals surface area contributed by atoms with Crippen molar-refractivity contribution in [2.45, 2.75) is 12.6 Å².